The molecule has 4 nitrogen and oxygen atoms in total. The van der Waals surface area contributed by atoms with Crippen LogP contribution in [0.2, 0.25) is 0 Å². The van der Waals surface area contributed by atoms with E-state index in [1.807, 2.05) is 0 Å². The van der Waals surface area contributed by atoms with Crippen LogP contribution in [0.4, 0.5) is 0 Å². The van der Waals surface area contributed by atoms with Gasteiger partial charge >= 0.3 is 5.97 Å². The number of halogens is 1. The first-order valence-corrected chi connectivity index (χ1v) is 4.05. The van der Waals surface area contributed by atoms with Crippen molar-refractivity contribution in [3.05, 3.63) is 22.7 Å². The molecule has 1 rings (SSSR count). The SMILES string of the molecule is COC(=O)Cc1cc(Br)ncn1. The van der Waals surface area contributed by atoms with E-state index in [0.717, 1.165) is 0 Å². The van der Waals surface area contributed by atoms with E-state index >= 15 is 0 Å². The molecule has 0 saturated carbocycles. The highest BCUT2D eigenvalue weighted by Crippen LogP contribution is 2.05. The fraction of sp³-hybridized carbons (Fsp3) is 0.286. The van der Waals surface area contributed by atoms with E-state index < -0.39 is 0 Å². The molecule has 0 amide bonds. The Labute approximate surface area is 78.1 Å². The van der Waals surface area contributed by atoms with Crippen molar-refractivity contribution in [2.24, 2.45) is 0 Å². The summed E-state index contributed by atoms with van der Waals surface area (Å²) in [7, 11) is 1.35. The van der Waals surface area contributed by atoms with E-state index in [9.17, 15) is 4.79 Å². The Kier molecular flexibility index (Phi) is 3.16. The molecule has 12 heavy (non-hydrogen) atoms. The van der Waals surface area contributed by atoms with Crippen molar-refractivity contribution in [2.45, 2.75) is 6.42 Å². The first-order chi connectivity index (χ1) is 5.72. The van der Waals surface area contributed by atoms with E-state index in [1.165, 1.54) is 13.4 Å². The molecule has 5 heteroatoms. The lowest BCUT2D eigenvalue weighted by Crippen LogP contribution is -2.06. The second kappa shape index (κ2) is 4.15. The Morgan fingerprint density at radius 3 is 3.00 bits per heavy atom. The third-order valence-corrected chi connectivity index (χ3v) is 1.68. The predicted octanol–water partition coefficient (Wildman–Crippen LogP) is 0.955. The standard InChI is InChI=1S/C7H7BrN2O2/c1-12-7(11)3-5-2-6(8)10-4-9-5/h2,4H,3H2,1H3. The largest absolute Gasteiger partial charge is 0.469 e. The van der Waals surface area contributed by atoms with Gasteiger partial charge < -0.3 is 4.74 Å². The molecule has 0 saturated heterocycles. The van der Waals surface area contributed by atoms with E-state index in [0.29, 0.717) is 10.3 Å². The molecule has 0 N–H and O–H groups in total. The van der Waals surface area contributed by atoms with Gasteiger partial charge in [-0.1, -0.05) is 0 Å². The summed E-state index contributed by atoms with van der Waals surface area (Å²) >= 11 is 3.17. The molecule has 1 heterocycles. The molecule has 1 aromatic rings. The molecule has 0 aliphatic heterocycles. The normalized spacial score (nSPS) is 9.50. The second-order valence-electron chi connectivity index (χ2n) is 2.08. The van der Waals surface area contributed by atoms with Gasteiger partial charge in [-0.25, -0.2) is 9.97 Å². The number of hydrogen-bond donors (Lipinski definition) is 0. The maximum atomic E-state index is 10.8. The topological polar surface area (TPSA) is 52.1 Å². The first kappa shape index (κ1) is 9.12. The smallest absolute Gasteiger partial charge is 0.311 e. The van der Waals surface area contributed by atoms with Gasteiger partial charge in [0.1, 0.15) is 10.9 Å². The minimum atomic E-state index is -0.305. The molecular weight excluding hydrogens is 224 g/mol. The van der Waals surface area contributed by atoms with Crippen LogP contribution in [0.1, 0.15) is 5.69 Å². The average Bonchev–Trinajstić information content (AvgIpc) is 2.04. The predicted molar refractivity (Wildman–Crippen MR) is 45.5 cm³/mol. The molecule has 0 fully saturated rings. The van der Waals surface area contributed by atoms with Crippen molar-refractivity contribution >= 4 is 21.9 Å². The van der Waals surface area contributed by atoms with Crippen molar-refractivity contribution in [2.75, 3.05) is 7.11 Å². The monoisotopic (exact) mass is 230 g/mol. The number of aromatic nitrogens is 2. The lowest BCUT2D eigenvalue weighted by atomic mass is 10.3. The first-order valence-electron chi connectivity index (χ1n) is 3.25. The van der Waals surface area contributed by atoms with E-state index in [1.54, 1.807) is 6.07 Å². The third-order valence-electron chi connectivity index (χ3n) is 1.24. The molecule has 0 bridgehead atoms. The number of carbonyl (C=O) groups excluding carboxylic acids is 1. The van der Waals surface area contributed by atoms with E-state index in [-0.39, 0.29) is 12.4 Å². The van der Waals surface area contributed by atoms with Gasteiger partial charge in [-0.3, -0.25) is 4.79 Å². The molecule has 1 aromatic heterocycles. The van der Waals surface area contributed by atoms with Crippen LogP contribution in [0, 0.1) is 0 Å². The van der Waals surface area contributed by atoms with Gasteiger partial charge in [-0.15, -0.1) is 0 Å². The number of methoxy groups -OCH3 is 1. The van der Waals surface area contributed by atoms with Gasteiger partial charge in [-0.2, -0.15) is 0 Å². The van der Waals surface area contributed by atoms with Gasteiger partial charge in [0, 0.05) is 0 Å². The number of nitrogens with zero attached hydrogens (tertiary/aromatic N) is 2. The Bertz CT molecular complexity index is 290. The Morgan fingerprint density at radius 2 is 2.42 bits per heavy atom. The summed E-state index contributed by atoms with van der Waals surface area (Å²) in [4.78, 5) is 18.5. The summed E-state index contributed by atoms with van der Waals surface area (Å²) in [5, 5.41) is 0. The lowest BCUT2D eigenvalue weighted by molar-refractivity contribution is -0.139. The molecule has 64 valence electrons. The Morgan fingerprint density at radius 1 is 1.67 bits per heavy atom. The third kappa shape index (κ3) is 2.58. The molecule has 0 spiro atoms. The van der Waals surface area contributed by atoms with Gasteiger partial charge in [0.15, 0.2) is 0 Å². The van der Waals surface area contributed by atoms with Gasteiger partial charge in [0.2, 0.25) is 0 Å². The number of hydrogen-bond acceptors (Lipinski definition) is 4. The summed E-state index contributed by atoms with van der Waals surface area (Å²) in [6, 6.07) is 1.68. The summed E-state index contributed by atoms with van der Waals surface area (Å²) in [5.41, 5.74) is 0.642. The van der Waals surface area contributed by atoms with Crippen LogP contribution >= 0.6 is 15.9 Å². The molecular formula is C7H7BrN2O2. The Hall–Kier alpha value is -0.970. The summed E-state index contributed by atoms with van der Waals surface area (Å²) < 4.78 is 5.14. The maximum absolute atomic E-state index is 10.8. The molecule has 0 aliphatic carbocycles. The van der Waals surface area contributed by atoms with Gasteiger partial charge in [-0.05, 0) is 22.0 Å². The minimum Gasteiger partial charge on any atom is -0.469 e. The highest BCUT2D eigenvalue weighted by atomic mass is 79.9. The van der Waals surface area contributed by atoms with Crippen molar-refractivity contribution in [3.8, 4) is 0 Å². The van der Waals surface area contributed by atoms with Crippen LogP contribution in [-0.2, 0) is 16.0 Å². The van der Waals surface area contributed by atoms with Crippen molar-refractivity contribution < 1.29 is 9.53 Å². The van der Waals surface area contributed by atoms with Crippen LogP contribution in [-0.4, -0.2) is 23.0 Å². The molecule has 0 atom stereocenters. The van der Waals surface area contributed by atoms with Crippen molar-refractivity contribution in [1.29, 1.82) is 0 Å². The fourth-order valence-electron chi connectivity index (χ4n) is 0.687. The number of esters is 1. The summed E-state index contributed by atoms with van der Waals surface area (Å²) in [6.45, 7) is 0. The zero-order chi connectivity index (χ0) is 8.97. The van der Waals surface area contributed by atoms with Crippen LogP contribution in [0.5, 0.6) is 0 Å². The summed E-state index contributed by atoms with van der Waals surface area (Å²) in [6.07, 6.45) is 1.57. The summed E-state index contributed by atoms with van der Waals surface area (Å²) in [5.74, 6) is -0.305. The molecule has 0 unspecified atom stereocenters. The van der Waals surface area contributed by atoms with Crippen LogP contribution in [0.25, 0.3) is 0 Å². The van der Waals surface area contributed by atoms with Crippen molar-refractivity contribution in [3.63, 3.8) is 0 Å². The van der Waals surface area contributed by atoms with E-state index in [2.05, 4.69) is 30.6 Å². The van der Waals surface area contributed by atoms with Crippen LogP contribution in [0.15, 0.2) is 17.0 Å². The highest BCUT2D eigenvalue weighted by molar-refractivity contribution is 9.10. The fourth-order valence-corrected chi connectivity index (χ4v) is 1.04. The quantitative estimate of drug-likeness (QED) is 0.561. The molecule has 0 aliphatic rings. The average molecular weight is 231 g/mol. The lowest BCUT2D eigenvalue weighted by Gasteiger charge is -1.97. The maximum Gasteiger partial charge on any atom is 0.311 e. The van der Waals surface area contributed by atoms with Gasteiger partial charge in [0.25, 0.3) is 0 Å². The molecule has 0 aromatic carbocycles. The second-order valence-corrected chi connectivity index (χ2v) is 2.90. The number of carbonyl (C=O) groups is 1. The van der Waals surface area contributed by atoms with Crippen LogP contribution in [0.3, 0.4) is 0 Å². The van der Waals surface area contributed by atoms with Crippen molar-refractivity contribution in [1.82, 2.24) is 9.97 Å². The Balaban J connectivity index is 2.69. The minimum absolute atomic E-state index is 0.178. The molecule has 0 radical (unpaired) electrons. The van der Waals surface area contributed by atoms with Crippen LogP contribution < -0.4 is 0 Å². The number of ether oxygens (including phenoxy) is 1. The van der Waals surface area contributed by atoms with Gasteiger partial charge in [0.05, 0.1) is 19.2 Å². The zero-order valence-corrected chi connectivity index (χ0v) is 8.04. The highest BCUT2D eigenvalue weighted by Gasteiger charge is 2.03. The number of rotatable bonds is 2. The van der Waals surface area contributed by atoms with E-state index in [4.69, 9.17) is 0 Å². The zero-order valence-electron chi connectivity index (χ0n) is 6.45.